The Hall–Kier alpha value is -10.3. The molecule has 0 atom stereocenters. The third kappa shape index (κ3) is 10.3. The molecular weight excluding hydrogens is 941 g/mol. The molecule has 0 saturated heterocycles. The standard InChI is InChI=1S/C76H56N2/c1-3-55-25-29-63(30-26-55)67-41-51-75(73(53-67)65-21-13-7-14-22-65)77(69-43-33-59(34-44-69)57-17-9-5-10-18-57)71-47-37-61(38-48-71)62-39-49-72(50-40-62)78(70-45-35-60(36-46-70)58-19-11-6-12-20-58)76-52-42-68(64-31-27-56(4-2)28-32-64)54-74(76)66-23-15-8-16-24-66/h3-54H,1-2H2/i1D2,2D2,3D,4D. The SMILES string of the molecule is [2H]C([2H])=C([2H])c1ccc(-c2ccc(N(c3ccc(-c4ccccc4)cc3)c3ccc(-c4ccc(N(c5ccc(-c6ccccc6)cc5)c5ccc(-c6ccc(C([2H])=C([2H])[2H])cc6)cc5-c5ccccc5)cc4)cc3)c(-c3ccccc3)c2)cc1. The normalized spacial score (nSPS) is 11.9. The highest BCUT2D eigenvalue weighted by Crippen LogP contribution is 2.46. The number of anilines is 6. The summed E-state index contributed by atoms with van der Waals surface area (Å²) in [7, 11) is 0. The zero-order valence-electron chi connectivity index (χ0n) is 48.8. The van der Waals surface area contributed by atoms with Crippen LogP contribution < -0.4 is 9.80 Å². The molecule has 0 radical (unpaired) electrons. The molecule has 0 spiro atoms. The van der Waals surface area contributed by atoms with E-state index in [1.165, 1.54) is 0 Å². The maximum atomic E-state index is 8.23. The van der Waals surface area contributed by atoms with Crippen LogP contribution in [-0.2, 0) is 0 Å². The lowest BCUT2D eigenvalue weighted by molar-refractivity contribution is 1.28. The molecular formula is C76H56N2. The van der Waals surface area contributed by atoms with Crippen LogP contribution in [0.15, 0.2) is 316 Å². The van der Waals surface area contributed by atoms with Gasteiger partial charge in [-0.25, -0.2) is 0 Å². The quantitative estimate of drug-likeness (QED) is 0.101. The van der Waals surface area contributed by atoms with Gasteiger partial charge in [-0.2, -0.15) is 0 Å². The fourth-order valence-electron chi connectivity index (χ4n) is 10.3. The van der Waals surface area contributed by atoms with E-state index < -0.39 is 13.1 Å². The Morgan fingerprint density at radius 1 is 0.244 bits per heavy atom. The minimum Gasteiger partial charge on any atom is -0.310 e. The Balaban J connectivity index is 0.931. The molecule has 0 fully saturated rings. The Kier molecular flexibility index (Phi) is 12.0. The van der Waals surface area contributed by atoms with Crippen LogP contribution in [0.2, 0.25) is 0 Å². The summed E-state index contributed by atoms with van der Waals surface area (Å²) in [4.78, 5) is 4.64. The molecule has 0 aromatic heterocycles. The third-order valence-corrected chi connectivity index (χ3v) is 14.4. The zero-order chi connectivity index (χ0) is 57.5. The fraction of sp³-hybridized carbons (Fsp3) is 0. The number of benzene rings is 12. The van der Waals surface area contributed by atoms with Crippen molar-refractivity contribution in [2.24, 2.45) is 0 Å². The lowest BCUT2D eigenvalue weighted by Gasteiger charge is -2.29. The second-order valence-electron chi connectivity index (χ2n) is 19.2. The molecule has 0 aliphatic heterocycles. The summed E-state index contributed by atoms with van der Waals surface area (Å²) < 4.78 is 47.2. The van der Waals surface area contributed by atoms with Crippen LogP contribution in [-0.4, -0.2) is 0 Å². The summed E-state index contributed by atoms with van der Waals surface area (Å²) in [5.74, 6) is 0. The highest BCUT2D eigenvalue weighted by atomic mass is 15.1. The molecule has 0 aliphatic rings. The van der Waals surface area contributed by atoms with E-state index in [9.17, 15) is 0 Å². The van der Waals surface area contributed by atoms with Gasteiger partial charge < -0.3 is 9.80 Å². The first kappa shape index (κ1) is 42.0. The number of hydrogen-bond acceptors (Lipinski definition) is 2. The second-order valence-corrected chi connectivity index (χ2v) is 19.2. The Labute approximate surface area is 467 Å². The molecule has 0 N–H and O–H groups in total. The lowest BCUT2D eigenvalue weighted by atomic mass is 9.95. The zero-order valence-corrected chi connectivity index (χ0v) is 42.8. The monoisotopic (exact) mass is 1000 g/mol. The van der Waals surface area contributed by atoms with Gasteiger partial charge in [-0.15, -0.1) is 0 Å². The van der Waals surface area contributed by atoms with Crippen molar-refractivity contribution in [1.29, 1.82) is 0 Å². The third-order valence-electron chi connectivity index (χ3n) is 14.4. The van der Waals surface area contributed by atoms with Gasteiger partial charge >= 0.3 is 0 Å². The molecule has 12 aromatic carbocycles. The second kappa shape index (κ2) is 22.3. The molecule has 2 heteroatoms. The van der Waals surface area contributed by atoms with E-state index in [4.69, 9.17) is 8.22 Å². The van der Waals surface area contributed by atoms with Gasteiger partial charge in [-0.05, 0) is 151 Å². The predicted molar refractivity (Wildman–Crippen MR) is 334 cm³/mol. The molecule has 78 heavy (non-hydrogen) atoms. The van der Waals surface area contributed by atoms with Crippen molar-refractivity contribution in [3.8, 4) is 77.9 Å². The van der Waals surface area contributed by atoms with E-state index >= 15 is 0 Å². The smallest absolute Gasteiger partial charge is 0.0623 e. The number of nitrogens with zero attached hydrogens (tertiary/aromatic N) is 2. The summed E-state index contributed by atoms with van der Waals surface area (Å²) in [6.45, 7) is -1.03. The van der Waals surface area contributed by atoms with E-state index in [-0.39, 0.29) is 12.1 Å². The molecule has 0 amide bonds. The summed E-state index contributed by atoms with van der Waals surface area (Å²) >= 11 is 0. The van der Waals surface area contributed by atoms with E-state index in [0.29, 0.717) is 11.1 Å². The highest BCUT2D eigenvalue weighted by molar-refractivity contribution is 5.93. The van der Waals surface area contributed by atoms with E-state index in [2.05, 4.69) is 240 Å². The minimum atomic E-state index is -0.515. The van der Waals surface area contributed by atoms with Crippen LogP contribution in [0.4, 0.5) is 34.1 Å². The van der Waals surface area contributed by atoms with Crippen LogP contribution in [0.25, 0.3) is 90.0 Å². The van der Waals surface area contributed by atoms with Crippen molar-refractivity contribution in [2.45, 2.75) is 0 Å². The predicted octanol–water partition coefficient (Wildman–Crippen LogP) is 21.6. The van der Waals surface area contributed by atoms with Crippen LogP contribution in [0.5, 0.6) is 0 Å². The topological polar surface area (TPSA) is 6.48 Å². The van der Waals surface area contributed by atoms with E-state index in [1.807, 2.05) is 72.8 Å². The van der Waals surface area contributed by atoms with Crippen LogP contribution >= 0.6 is 0 Å². The molecule has 2 nitrogen and oxygen atoms in total. The molecule has 12 aromatic rings. The molecule has 0 heterocycles. The van der Waals surface area contributed by atoms with Crippen molar-refractivity contribution in [3.05, 3.63) is 328 Å². The Morgan fingerprint density at radius 3 is 0.756 bits per heavy atom. The Morgan fingerprint density at radius 2 is 0.474 bits per heavy atom. The van der Waals surface area contributed by atoms with Crippen LogP contribution in [0.3, 0.4) is 0 Å². The fourth-order valence-corrected chi connectivity index (χ4v) is 10.3. The molecule has 0 unspecified atom stereocenters. The first-order chi connectivity index (χ1) is 41.1. The maximum absolute atomic E-state index is 8.23. The van der Waals surface area contributed by atoms with Crippen molar-refractivity contribution >= 4 is 46.2 Å². The number of hydrogen-bond donors (Lipinski definition) is 0. The molecule has 0 aliphatic carbocycles. The molecule has 370 valence electrons. The van der Waals surface area contributed by atoms with Crippen molar-refractivity contribution < 1.29 is 8.22 Å². The molecule has 12 rings (SSSR count). The van der Waals surface area contributed by atoms with Gasteiger partial charge in [0.1, 0.15) is 0 Å². The van der Waals surface area contributed by atoms with Gasteiger partial charge in [0, 0.05) is 33.9 Å². The van der Waals surface area contributed by atoms with Crippen LogP contribution in [0.1, 0.15) is 19.4 Å². The largest absolute Gasteiger partial charge is 0.310 e. The van der Waals surface area contributed by atoms with Gasteiger partial charge in [0.15, 0.2) is 0 Å². The lowest BCUT2D eigenvalue weighted by Crippen LogP contribution is -2.11. The van der Waals surface area contributed by atoms with Gasteiger partial charge in [-0.1, -0.05) is 256 Å². The summed E-state index contributed by atoms with van der Waals surface area (Å²) in [5.41, 5.74) is 21.8. The molecule has 0 bridgehead atoms. The summed E-state index contributed by atoms with van der Waals surface area (Å²) in [6.07, 6.45) is 0. The van der Waals surface area contributed by atoms with E-state index in [0.717, 1.165) is 112 Å². The highest BCUT2D eigenvalue weighted by Gasteiger charge is 2.21. The van der Waals surface area contributed by atoms with Crippen LogP contribution in [0, 0.1) is 0 Å². The maximum Gasteiger partial charge on any atom is 0.0623 e. The average Bonchev–Trinajstić information content (AvgIpc) is 3.13. The Bertz CT molecular complexity index is 4000. The van der Waals surface area contributed by atoms with Gasteiger partial charge in [0.25, 0.3) is 0 Å². The average molecular weight is 1000 g/mol. The van der Waals surface area contributed by atoms with Gasteiger partial charge in [-0.3, -0.25) is 0 Å². The number of rotatable bonds is 15. The van der Waals surface area contributed by atoms with E-state index in [1.54, 1.807) is 0 Å². The first-order valence-electron chi connectivity index (χ1n) is 29.1. The van der Waals surface area contributed by atoms with Crippen molar-refractivity contribution in [1.82, 2.24) is 0 Å². The summed E-state index contributed by atoms with van der Waals surface area (Å²) in [6, 6.07) is 105. The van der Waals surface area contributed by atoms with Crippen molar-refractivity contribution in [2.75, 3.05) is 9.80 Å². The van der Waals surface area contributed by atoms with Gasteiger partial charge in [0.05, 0.1) is 19.6 Å². The van der Waals surface area contributed by atoms with Gasteiger partial charge in [0.2, 0.25) is 0 Å². The summed E-state index contributed by atoms with van der Waals surface area (Å²) in [5, 5.41) is 0. The van der Waals surface area contributed by atoms with Crippen molar-refractivity contribution in [3.63, 3.8) is 0 Å². The molecule has 0 saturated carbocycles. The minimum absolute atomic E-state index is 0.113. The first-order valence-corrected chi connectivity index (χ1v) is 26.1.